The number of anilines is 2. The summed E-state index contributed by atoms with van der Waals surface area (Å²) in [5.41, 5.74) is 1.44. The number of aromatic hydroxyl groups is 4. The first-order valence-corrected chi connectivity index (χ1v) is 21.1. The molecule has 0 aliphatic carbocycles. The maximum Gasteiger partial charge on any atom is 0.315 e. The van der Waals surface area contributed by atoms with E-state index in [1.165, 1.54) is 12.1 Å². The number of hydrogen-bond acceptors (Lipinski definition) is 12. The number of phenolic OH excluding ortho intramolecular Hbond substituents is 4. The molecule has 2 aliphatic heterocycles. The van der Waals surface area contributed by atoms with E-state index in [1.807, 2.05) is 24.3 Å². The molecule has 19 heteroatoms. The third-order valence-corrected chi connectivity index (χ3v) is 12.2. The lowest BCUT2D eigenvalue weighted by Gasteiger charge is -2.36. The summed E-state index contributed by atoms with van der Waals surface area (Å²) >= 11 is 30.6. The molecule has 4 aromatic rings. The highest BCUT2D eigenvalue weighted by molar-refractivity contribution is 6.44. The fraction of sp³-hybridized carbons (Fsp3) is 0.366. The molecule has 2 heterocycles. The van der Waals surface area contributed by atoms with Crippen LogP contribution in [-0.2, 0) is 0 Å². The van der Waals surface area contributed by atoms with Gasteiger partial charge in [-0.15, -0.1) is 0 Å². The molecule has 4 aromatic carbocycles. The molecule has 0 radical (unpaired) electrons. The molecule has 14 nitrogen and oxygen atoms in total. The van der Waals surface area contributed by atoms with Gasteiger partial charge in [-0.3, -0.25) is 29.5 Å². The molecule has 1 amide bonds. The molecule has 0 atom stereocenters. The molecule has 2 fully saturated rings. The Morgan fingerprint density at radius 2 is 1.13 bits per heavy atom. The normalized spacial score (nSPS) is 14.7. The number of benzene rings is 4. The van der Waals surface area contributed by atoms with Crippen LogP contribution < -0.4 is 15.1 Å². The average Bonchev–Trinajstić information content (AvgIpc) is 3.23. The predicted molar refractivity (Wildman–Crippen MR) is 237 cm³/mol. The predicted octanol–water partition coefficient (Wildman–Crippen LogP) is 8.49. The maximum atomic E-state index is 12.3. The number of phenols is 4. The molecular weight excluding hydrogens is 882 g/mol. The van der Waals surface area contributed by atoms with E-state index in [0.717, 1.165) is 102 Å². The highest BCUT2D eigenvalue weighted by Gasteiger charge is 2.23. The Bertz CT molecular complexity index is 2140. The van der Waals surface area contributed by atoms with Crippen LogP contribution in [0.25, 0.3) is 0 Å². The molecule has 0 unspecified atom stereocenters. The van der Waals surface area contributed by atoms with Gasteiger partial charge in [0.1, 0.15) is 0 Å². The average molecular weight is 927 g/mol. The van der Waals surface area contributed by atoms with Gasteiger partial charge in [0, 0.05) is 82.5 Å². The summed E-state index contributed by atoms with van der Waals surface area (Å²) in [6, 6.07) is 15.8. The number of unbranched alkanes of at least 4 members (excludes halogenated alkanes) is 1. The molecule has 2 aliphatic rings. The molecule has 60 heavy (non-hydrogen) atoms. The number of carbonyl (C=O) groups excluding carboxylic acids is 2. The SMILES string of the molecule is O=C(CCCCN1CCN(c2cccc(Cl)c2Cl)CC1)c1cc(O)c(O)c([N+](=O)[O-])c1.O=C(NCCCN1CCN(c2cccc(Cl)c2Cl)CC1)c1cc(O)c(O)c(Cl)c1. The number of halogens is 5. The second kappa shape index (κ2) is 21.9. The topological polar surface area (TPSA) is 183 Å². The summed E-state index contributed by atoms with van der Waals surface area (Å²) in [6.07, 6.45) is 2.42. The molecule has 5 N–H and O–H groups in total. The van der Waals surface area contributed by atoms with Gasteiger partial charge in [0.15, 0.2) is 23.0 Å². The van der Waals surface area contributed by atoms with Gasteiger partial charge >= 0.3 is 5.69 Å². The Labute approximate surface area is 372 Å². The molecule has 0 bridgehead atoms. The quantitative estimate of drug-likeness (QED) is 0.0268. The van der Waals surface area contributed by atoms with Gasteiger partial charge in [0.25, 0.3) is 5.91 Å². The van der Waals surface area contributed by atoms with Crippen molar-refractivity contribution >= 4 is 86.8 Å². The van der Waals surface area contributed by atoms with E-state index in [-0.39, 0.29) is 34.3 Å². The molecule has 322 valence electrons. The van der Waals surface area contributed by atoms with Gasteiger partial charge in [-0.05, 0) is 74.8 Å². The first-order chi connectivity index (χ1) is 28.6. The molecule has 6 rings (SSSR count). The van der Waals surface area contributed by atoms with Gasteiger partial charge in [-0.2, -0.15) is 0 Å². The van der Waals surface area contributed by atoms with E-state index in [0.29, 0.717) is 33.1 Å². The lowest BCUT2D eigenvalue weighted by Crippen LogP contribution is -2.47. The summed E-state index contributed by atoms with van der Waals surface area (Å²) in [4.78, 5) is 43.7. The van der Waals surface area contributed by atoms with E-state index < -0.39 is 33.6 Å². The van der Waals surface area contributed by atoms with E-state index in [9.17, 15) is 40.1 Å². The highest BCUT2D eigenvalue weighted by Crippen LogP contribution is 2.37. The Morgan fingerprint density at radius 3 is 1.65 bits per heavy atom. The summed E-state index contributed by atoms with van der Waals surface area (Å²) in [7, 11) is 0. The number of rotatable bonds is 14. The van der Waals surface area contributed by atoms with Crippen molar-refractivity contribution in [1.29, 1.82) is 0 Å². The van der Waals surface area contributed by atoms with Gasteiger partial charge in [-0.1, -0.05) is 70.1 Å². The Hall–Kier alpha value is -4.41. The number of piperazine rings is 2. The van der Waals surface area contributed by atoms with Crippen molar-refractivity contribution in [2.24, 2.45) is 0 Å². The number of hydrogen-bond donors (Lipinski definition) is 5. The number of nitro benzene ring substituents is 1. The van der Waals surface area contributed by atoms with Crippen molar-refractivity contribution in [3.8, 4) is 23.0 Å². The lowest BCUT2D eigenvalue weighted by molar-refractivity contribution is -0.386. The standard InChI is InChI=1S/C21H23Cl2N3O5.C20H22Cl3N3O3/c22-15-4-3-5-16(20(15)23)25-10-8-24(9-11-25)7-2-1-6-18(27)14-12-17(26(30)31)21(29)19(28)13-14;21-14-3-1-4-16(18(14)23)26-9-7-25(8-10-26)6-2-5-24-20(29)13-11-15(22)19(28)17(27)12-13/h3-5,12-13,28-29H,1-2,6-11H2;1,3-4,11-12,27-28H,2,5-10H2,(H,24,29). The number of carbonyl (C=O) groups is 2. The Kier molecular flexibility index (Phi) is 17.0. The van der Waals surface area contributed by atoms with Crippen LogP contribution in [0.1, 0.15) is 46.4 Å². The Balaban J connectivity index is 0.000000228. The van der Waals surface area contributed by atoms with Gasteiger partial charge in [0.2, 0.25) is 5.75 Å². The maximum absolute atomic E-state index is 12.3. The number of amides is 1. The number of ketones is 1. The van der Waals surface area contributed by atoms with E-state index in [4.69, 9.17) is 58.0 Å². The van der Waals surface area contributed by atoms with Crippen molar-refractivity contribution in [3.63, 3.8) is 0 Å². The second-order valence-corrected chi connectivity index (χ2v) is 16.2. The smallest absolute Gasteiger partial charge is 0.315 e. The Morgan fingerprint density at radius 1 is 0.633 bits per heavy atom. The fourth-order valence-electron chi connectivity index (χ4n) is 6.89. The molecule has 2 saturated heterocycles. The first-order valence-electron chi connectivity index (χ1n) is 19.2. The minimum absolute atomic E-state index is 0.0222. The van der Waals surface area contributed by atoms with E-state index >= 15 is 0 Å². The van der Waals surface area contributed by atoms with Crippen LogP contribution in [0.2, 0.25) is 25.1 Å². The zero-order chi connectivity index (χ0) is 43.5. The fourth-order valence-corrected chi connectivity index (χ4v) is 7.93. The van der Waals surface area contributed by atoms with E-state index in [1.54, 1.807) is 12.1 Å². The minimum Gasteiger partial charge on any atom is -0.504 e. The van der Waals surface area contributed by atoms with Crippen LogP contribution in [0.3, 0.4) is 0 Å². The number of nitro groups is 1. The molecule has 0 aromatic heterocycles. The van der Waals surface area contributed by atoms with Crippen molar-refractivity contribution in [2.45, 2.75) is 25.7 Å². The van der Waals surface area contributed by atoms with Crippen LogP contribution in [0.15, 0.2) is 60.7 Å². The summed E-state index contributed by atoms with van der Waals surface area (Å²) in [5, 5.41) is 54.1. The molecule has 0 saturated carbocycles. The summed E-state index contributed by atoms with van der Waals surface area (Å²) in [6.45, 7) is 9.11. The van der Waals surface area contributed by atoms with Crippen molar-refractivity contribution in [1.82, 2.24) is 15.1 Å². The second-order valence-electron chi connectivity index (χ2n) is 14.2. The van der Waals surface area contributed by atoms with Crippen LogP contribution >= 0.6 is 58.0 Å². The first kappa shape index (κ1) is 46.7. The number of nitrogens with one attached hydrogen (secondary N) is 1. The van der Waals surface area contributed by atoms with Crippen LogP contribution in [0, 0.1) is 10.1 Å². The monoisotopic (exact) mass is 924 g/mol. The van der Waals surface area contributed by atoms with Crippen molar-refractivity contribution < 1.29 is 34.9 Å². The third-order valence-electron chi connectivity index (χ3n) is 10.2. The number of nitrogens with zero attached hydrogens (tertiary/aromatic N) is 5. The molecule has 0 spiro atoms. The van der Waals surface area contributed by atoms with Crippen molar-refractivity contribution in [2.75, 3.05) is 81.8 Å². The largest absolute Gasteiger partial charge is 0.504 e. The van der Waals surface area contributed by atoms with Gasteiger partial charge < -0.3 is 35.5 Å². The van der Waals surface area contributed by atoms with Crippen LogP contribution in [0.5, 0.6) is 23.0 Å². The molecular formula is C41H45Cl5N6O8. The zero-order valence-corrected chi connectivity index (χ0v) is 36.2. The van der Waals surface area contributed by atoms with Crippen LogP contribution in [-0.4, -0.2) is 119 Å². The summed E-state index contributed by atoms with van der Waals surface area (Å²) in [5.74, 6) is -3.00. The minimum atomic E-state index is -0.834. The van der Waals surface area contributed by atoms with E-state index in [2.05, 4.69) is 24.9 Å². The van der Waals surface area contributed by atoms with Crippen molar-refractivity contribution in [3.05, 3.63) is 107 Å². The van der Waals surface area contributed by atoms with Gasteiger partial charge in [0.05, 0.1) is 41.4 Å². The zero-order valence-electron chi connectivity index (χ0n) is 32.4. The van der Waals surface area contributed by atoms with Crippen LogP contribution in [0.4, 0.5) is 17.1 Å². The lowest BCUT2D eigenvalue weighted by atomic mass is 10.0. The highest BCUT2D eigenvalue weighted by atomic mass is 35.5. The number of Topliss-reactive ketones (excluding diaryl/α,β-unsaturated/α-hetero) is 1. The summed E-state index contributed by atoms with van der Waals surface area (Å²) < 4.78 is 0. The van der Waals surface area contributed by atoms with Gasteiger partial charge in [-0.25, -0.2) is 0 Å². The third kappa shape index (κ3) is 12.3.